The van der Waals surface area contributed by atoms with Gasteiger partial charge in [-0.05, 0) is 23.6 Å². The van der Waals surface area contributed by atoms with Crippen LogP contribution in [0.4, 0.5) is 5.82 Å². The van der Waals surface area contributed by atoms with E-state index in [1.54, 1.807) is 7.11 Å². The lowest BCUT2D eigenvalue weighted by Gasteiger charge is -2.08. The number of hydrogen-bond donors (Lipinski definition) is 1. The van der Waals surface area contributed by atoms with Gasteiger partial charge in [-0.15, -0.1) is 16.4 Å². The molecule has 120 valence electrons. The number of nitrogen functional groups attached to an aromatic ring is 1. The molecule has 1 aromatic carbocycles. The third-order valence-corrected chi connectivity index (χ3v) is 4.25. The lowest BCUT2D eigenvalue weighted by atomic mass is 10.3. The average molecular weight is 340 g/mol. The van der Waals surface area contributed by atoms with E-state index in [1.165, 1.54) is 16.0 Å². The summed E-state index contributed by atoms with van der Waals surface area (Å²) in [5.41, 5.74) is 7.18. The van der Waals surface area contributed by atoms with Gasteiger partial charge >= 0.3 is 0 Å². The minimum atomic E-state index is 0.219. The zero-order valence-electron chi connectivity index (χ0n) is 12.6. The Morgan fingerprint density at radius 2 is 2.08 bits per heavy atom. The fraction of sp³-hybridized carbons (Fsp3) is 0.0667. The summed E-state index contributed by atoms with van der Waals surface area (Å²) < 4.78 is 12.1. The second-order valence-corrected chi connectivity index (χ2v) is 5.76. The normalized spacial score (nSPS) is 10.9. The van der Waals surface area contributed by atoms with E-state index >= 15 is 0 Å². The summed E-state index contributed by atoms with van der Waals surface area (Å²) in [5.74, 6) is 1.63. The van der Waals surface area contributed by atoms with E-state index in [0.29, 0.717) is 28.8 Å². The van der Waals surface area contributed by atoms with Gasteiger partial charge in [-0.3, -0.25) is 0 Å². The van der Waals surface area contributed by atoms with Crippen LogP contribution in [0.3, 0.4) is 0 Å². The molecule has 9 heteroatoms. The molecule has 0 radical (unpaired) electrons. The van der Waals surface area contributed by atoms with Crippen molar-refractivity contribution in [1.82, 2.24) is 25.1 Å². The maximum atomic E-state index is 6.18. The molecule has 0 saturated heterocycles. The summed E-state index contributed by atoms with van der Waals surface area (Å²) in [6, 6.07) is 11.2. The van der Waals surface area contributed by atoms with Gasteiger partial charge in [0.2, 0.25) is 5.82 Å². The number of nitrogens with two attached hydrogens (primary N) is 1. The summed E-state index contributed by atoms with van der Waals surface area (Å²) in [4.78, 5) is 5.24. The predicted octanol–water partition coefficient (Wildman–Crippen LogP) is 2.64. The van der Waals surface area contributed by atoms with Crippen molar-refractivity contribution in [2.45, 2.75) is 0 Å². The van der Waals surface area contributed by atoms with E-state index in [0.717, 1.165) is 4.88 Å². The first-order valence-corrected chi connectivity index (χ1v) is 7.88. The molecular formula is C15H12N6O2S. The monoisotopic (exact) mass is 340 g/mol. The number of benzene rings is 1. The predicted molar refractivity (Wildman–Crippen MR) is 88.9 cm³/mol. The van der Waals surface area contributed by atoms with Crippen LogP contribution in [0.1, 0.15) is 0 Å². The summed E-state index contributed by atoms with van der Waals surface area (Å²) in [5, 5.41) is 14.1. The fourth-order valence-corrected chi connectivity index (χ4v) is 2.90. The largest absolute Gasteiger partial charge is 0.494 e. The maximum Gasteiger partial charge on any atom is 0.282 e. The van der Waals surface area contributed by atoms with Crippen LogP contribution in [-0.2, 0) is 0 Å². The van der Waals surface area contributed by atoms with Crippen LogP contribution in [0.15, 0.2) is 46.3 Å². The molecule has 4 rings (SSSR count). The summed E-state index contributed by atoms with van der Waals surface area (Å²) in [7, 11) is 1.58. The number of thiophene rings is 1. The van der Waals surface area contributed by atoms with Gasteiger partial charge in [0, 0.05) is 0 Å². The topological polar surface area (TPSA) is 105 Å². The SMILES string of the molecule is COc1ccccc1-n1nnc(-c2nc(-c3cccs3)no2)c1N. The van der Waals surface area contributed by atoms with Gasteiger partial charge < -0.3 is 15.0 Å². The first-order valence-electron chi connectivity index (χ1n) is 7.00. The highest BCUT2D eigenvalue weighted by molar-refractivity contribution is 7.13. The van der Waals surface area contributed by atoms with Gasteiger partial charge in [-0.2, -0.15) is 9.67 Å². The molecule has 0 fully saturated rings. The molecule has 0 aliphatic carbocycles. The highest BCUT2D eigenvalue weighted by Crippen LogP contribution is 2.30. The minimum absolute atomic E-state index is 0.219. The molecule has 24 heavy (non-hydrogen) atoms. The van der Waals surface area contributed by atoms with Gasteiger partial charge in [-0.1, -0.05) is 28.6 Å². The fourth-order valence-electron chi connectivity index (χ4n) is 2.25. The Hall–Kier alpha value is -3.20. The van der Waals surface area contributed by atoms with Crippen LogP contribution in [-0.4, -0.2) is 32.2 Å². The van der Waals surface area contributed by atoms with Crippen molar-refractivity contribution >= 4 is 17.2 Å². The standard InChI is InChI=1S/C15H12N6O2S/c1-22-10-6-3-2-5-9(10)21-13(16)12(18-20-21)15-17-14(19-23-15)11-7-4-8-24-11/h2-8H,16H2,1H3. The van der Waals surface area contributed by atoms with E-state index in [1.807, 2.05) is 41.8 Å². The highest BCUT2D eigenvalue weighted by atomic mass is 32.1. The molecule has 4 aromatic rings. The van der Waals surface area contributed by atoms with Crippen molar-refractivity contribution in [3.8, 4) is 33.7 Å². The molecule has 3 aromatic heterocycles. The Kier molecular flexibility index (Phi) is 3.47. The molecule has 0 amide bonds. The number of ether oxygens (including phenoxy) is 1. The Balaban J connectivity index is 1.75. The van der Waals surface area contributed by atoms with Gasteiger partial charge in [0.05, 0.1) is 12.0 Å². The van der Waals surface area contributed by atoms with Crippen LogP contribution >= 0.6 is 11.3 Å². The Morgan fingerprint density at radius 3 is 2.88 bits per heavy atom. The molecular weight excluding hydrogens is 328 g/mol. The van der Waals surface area contributed by atoms with Gasteiger partial charge in [-0.25, -0.2) is 0 Å². The van der Waals surface area contributed by atoms with E-state index in [4.69, 9.17) is 15.0 Å². The Labute approximate surface area is 140 Å². The summed E-state index contributed by atoms with van der Waals surface area (Å²) in [6.45, 7) is 0. The Morgan fingerprint density at radius 1 is 1.21 bits per heavy atom. The third kappa shape index (κ3) is 2.31. The zero-order chi connectivity index (χ0) is 16.5. The Bertz CT molecular complexity index is 976. The van der Waals surface area contributed by atoms with Crippen molar-refractivity contribution in [2.24, 2.45) is 0 Å². The molecule has 0 aliphatic rings. The highest BCUT2D eigenvalue weighted by Gasteiger charge is 2.21. The molecule has 0 saturated carbocycles. The number of methoxy groups -OCH3 is 1. The summed E-state index contributed by atoms with van der Waals surface area (Å²) in [6.07, 6.45) is 0. The van der Waals surface area contributed by atoms with Gasteiger partial charge in [0.1, 0.15) is 11.4 Å². The van der Waals surface area contributed by atoms with Crippen molar-refractivity contribution in [3.63, 3.8) is 0 Å². The quantitative estimate of drug-likeness (QED) is 0.609. The molecule has 3 heterocycles. The van der Waals surface area contributed by atoms with Gasteiger partial charge in [0.15, 0.2) is 11.5 Å². The number of aromatic nitrogens is 5. The van der Waals surface area contributed by atoms with Gasteiger partial charge in [0.25, 0.3) is 5.89 Å². The molecule has 0 unspecified atom stereocenters. The maximum absolute atomic E-state index is 6.18. The second kappa shape index (κ2) is 5.78. The van der Waals surface area contributed by atoms with Crippen molar-refractivity contribution in [3.05, 3.63) is 41.8 Å². The number of anilines is 1. The first kappa shape index (κ1) is 14.4. The average Bonchev–Trinajstić information content (AvgIpc) is 3.34. The third-order valence-electron chi connectivity index (χ3n) is 3.39. The van der Waals surface area contributed by atoms with Crippen molar-refractivity contribution in [1.29, 1.82) is 0 Å². The zero-order valence-corrected chi connectivity index (χ0v) is 13.4. The minimum Gasteiger partial charge on any atom is -0.494 e. The number of nitrogens with zero attached hydrogens (tertiary/aromatic N) is 5. The number of rotatable bonds is 4. The lowest BCUT2D eigenvalue weighted by Crippen LogP contribution is -2.04. The molecule has 0 aliphatic heterocycles. The van der Waals surface area contributed by atoms with E-state index in [2.05, 4.69) is 20.5 Å². The van der Waals surface area contributed by atoms with Crippen LogP contribution < -0.4 is 10.5 Å². The summed E-state index contributed by atoms with van der Waals surface area (Å²) >= 11 is 1.52. The molecule has 2 N–H and O–H groups in total. The number of hydrogen-bond acceptors (Lipinski definition) is 8. The van der Waals surface area contributed by atoms with Crippen LogP contribution in [0.25, 0.3) is 28.0 Å². The van der Waals surface area contributed by atoms with E-state index in [9.17, 15) is 0 Å². The van der Waals surface area contributed by atoms with Crippen LogP contribution in [0.5, 0.6) is 5.75 Å². The van der Waals surface area contributed by atoms with Crippen LogP contribution in [0, 0.1) is 0 Å². The molecule has 0 bridgehead atoms. The second-order valence-electron chi connectivity index (χ2n) is 4.81. The van der Waals surface area contributed by atoms with Crippen LogP contribution in [0.2, 0.25) is 0 Å². The number of para-hydroxylation sites is 2. The molecule has 0 atom stereocenters. The van der Waals surface area contributed by atoms with Crippen molar-refractivity contribution < 1.29 is 9.26 Å². The molecule has 0 spiro atoms. The van der Waals surface area contributed by atoms with Crippen molar-refractivity contribution in [2.75, 3.05) is 12.8 Å². The van der Waals surface area contributed by atoms with E-state index < -0.39 is 0 Å². The smallest absolute Gasteiger partial charge is 0.282 e. The first-order chi connectivity index (χ1) is 11.8. The van der Waals surface area contributed by atoms with E-state index in [-0.39, 0.29) is 5.89 Å². The lowest BCUT2D eigenvalue weighted by molar-refractivity contribution is 0.411. The molecule has 8 nitrogen and oxygen atoms in total.